The number of carbonyl (C=O) groups is 3. The number of amides is 2. The molecular formula is C13H23N3O3. The van der Waals surface area contributed by atoms with Gasteiger partial charge in [0.15, 0.2) is 0 Å². The molecule has 0 spiro atoms. The number of hydrogen-bond donors (Lipinski definition) is 0. The molecule has 6 heteroatoms. The lowest BCUT2D eigenvalue weighted by molar-refractivity contribution is -0.134. The largest absolute Gasteiger partial charge is 0.348 e. The molecule has 0 aromatic rings. The van der Waals surface area contributed by atoms with Crippen molar-refractivity contribution in [2.45, 2.75) is 19.8 Å². The summed E-state index contributed by atoms with van der Waals surface area (Å²) in [7, 11) is 3.48. The minimum atomic E-state index is -0.103. The maximum Gasteiger partial charge on any atom is 0.236 e. The zero-order valence-electron chi connectivity index (χ0n) is 12.0. The van der Waals surface area contributed by atoms with Crippen LogP contribution in [0.4, 0.5) is 0 Å². The van der Waals surface area contributed by atoms with Crippen LogP contribution in [0.2, 0.25) is 0 Å². The second-order valence-corrected chi connectivity index (χ2v) is 5.18. The first-order valence-corrected chi connectivity index (χ1v) is 6.60. The van der Waals surface area contributed by atoms with Gasteiger partial charge >= 0.3 is 0 Å². The van der Waals surface area contributed by atoms with Crippen molar-refractivity contribution in [3.8, 4) is 0 Å². The molecule has 0 bridgehead atoms. The van der Waals surface area contributed by atoms with Crippen molar-refractivity contribution in [3.05, 3.63) is 0 Å². The lowest BCUT2D eigenvalue weighted by atomic mass is 10.2. The summed E-state index contributed by atoms with van der Waals surface area (Å²) in [6, 6.07) is 0. The lowest BCUT2D eigenvalue weighted by Crippen LogP contribution is -2.39. The Morgan fingerprint density at radius 2 is 1.74 bits per heavy atom. The van der Waals surface area contributed by atoms with Crippen molar-refractivity contribution < 1.29 is 14.4 Å². The Labute approximate surface area is 114 Å². The van der Waals surface area contributed by atoms with Crippen LogP contribution in [0.1, 0.15) is 19.8 Å². The van der Waals surface area contributed by atoms with Gasteiger partial charge in [0.25, 0.3) is 0 Å². The molecule has 19 heavy (non-hydrogen) atoms. The van der Waals surface area contributed by atoms with Gasteiger partial charge in [0.2, 0.25) is 11.8 Å². The first kappa shape index (κ1) is 15.6. The number of Topliss-reactive ketones (excluding diaryl/α,β-unsaturated/α-hetero) is 1. The van der Waals surface area contributed by atoms with Gasteiger partial charge < -0.3 is 9.80 Å². The van der Waals surface area contributed by atoms with E-state index in [1.165, 1.54) is 6.92 Å². The molecule has 6 nitrogen and oxygen atoms in total. The summed E-state index contributed by atoms with van der Waals surface area (Å²) in [5.41, 5.74) is 0. The first-order valence-electron chi connectivity index (χ1n) is 6.60. The predicted molar refractivity (Wildman–Crippen MR) is 71.6 cm³/mol. The van der Waals surface area contributed by atoms with Crippen LogP contribution in [-0.2, 0) is 14.4 Å². The number of likely N-dealkylation sites (N-methyl/N-ethyl adjacent to an activating group) is 1. The molecule has 0 unspecified atom stereocenters. The highest BCUT2D eigenvalue weighted by molar-refractivity contribution is 5.96. The van der Waals surface area contributed by atoms with Crippen molar-refractivity contribution in [3.63, 3.8) is 0 Å². The summed E-state index contributed by atoms with van der Waals surface area (Å²) < 4.78 is 0. The van der Waals surface area contributed by atoms with Crippen LogP contribution in [0.5, 0.6) is 0 Å². The maximum atomic E-state index is 11.8. The van der Waals surface area contributed by atoms with E-state index < -0.39 is 0 Å². The fourth-order valence-electron chi connectivity index (χ4n) is 2.04. The average molecular weight is 269 g/mol. The van der Waals surface area contributed by atoms with Gasteiger partial charge in [-0.25, -0.2) is 0 Å². The van der Waals surface area contributed by atoms with Gasteiger partial charge in [-0.2, -0.15) is 0 Å². The Balaban J connectivity index is 2.45. The van der Waals surface area contributed by atoms with Crippen molar-refractivity contribution in [1.82, 2.24) is 14.7 Å². The van der Waals surface area contributed by atoms with Gasteiger partial charge in [0, 0.05) is 40.3 Å². The molecule has 0 saturated carbocycles. The minimum Gasteiger partial charge on any atom is -0.348 e. The van der Waals surface area contributed by atoms with E-state index in [0.29, 0.717) is 26.2 Å². The SMILES string of the molecule is CC(=O)CC(=O)N1CCCN(CC(=O)N(C)C)CC1. The van der Waals surface area contributed by atoms with E-state index in [1.807, 2.05) is 0 Å². The van der Waals surface area contributed by atoms with E-state index in [0.717, 1.165) is 13.0 Å². The van der Waals surface area contributed by atoms with Crippen LogP contribution < -0.4 is 0 Å². The predicted octanol–water partition coefficient (Wildman–Crippen LogP) is -0.412. The minimum absolute atomic E-state index is 0.0172. The zero-order chi connectivity index (χ0) is 14.4. The summed E-state index contributed by atoms with van der Waals surface area (Å²) in [5, 5.41) is 0. The summed E-state index contributed by atoms with van der Waals surface area (Å²) >= 11 is 0. The molecular weight excluding hydrogens is 246 g/mol. The highest BCUT2D eigenvalue weighted by Crippen LogP contribution is 2.05. The van der Waals surface area contributed by atoms with Crippen molar-refractivity contribution in [2.75, 3.05) is 46.8 Å². The third-order valence-corrected chi connectivity index (χ3v) is 3.20. The molecule has 0 radical (unpaired) electrons. The molecule has 108 valence electrons. The van der Waals surface area contributed by atoms with Crippen LogP contribution in [0.15, 0.2) is 0 Å². The van der Waals surface area contributed by atoms with Crippen molar-refractivity contribution in [1.29, 1.82) is 0 Å². The number of nitrogens with zero attached hydrogens (tertiary/aromatic N) is 3. The van der Waals surface area contributed by atoms with Crippen LogP contribution in [0.25, 0.3) is 0 Å². The van der Waals surface area contributed by atoms with Crippen molar-refractivity contribution in [2.24, 2.45) is 0 Å². The van der Waals surface area contributed by atoms with Crippen LogP contribution in [0.3, 0.4) is 0 Å². The highest BCUT2D eigenvalue weighted by Gasteiger charge is 2.21. The molecule has 0 atom stereocenters. The molecule has 2 amide bonds. The Bertz CT molecular complexity index is 355. The molecule has 0 aromatic carbocycles. The molecule has 1 rings (SSSR count). The Kier molecular flexibility index (Phi) is 5.95. The lowest BCUT2D eigenvalue weighted by Gasteiger charge is -2.22. The monoisotopic (exact) mass is 269 g/mol. The summed E-state index contributed by atoms with van der Waals surface area (Å²) in [6.45, 7) is 4.57. The summed E-state index contributed by atoms with van der Waals surface area (Å²) in [5.74, 6) is -0.134. The fourth-order valence-corrected chi connectivity index (χ4v) is 2.04. The smallest absolute Gasteiger partial charge is 0.236 e. The topological polar surface area (TPSA) is 60.9 Å². The van der Waals surface area contributed by atoms with Gasteiger partial charge in [-0.3, -0.25) is 19.3 Å². The fraction of sp³-hybridized carbons (Fsp3) is 0.769. The molecule has 1 fully saturated rings. The maximum absolute atomic E-state index is 11.8. The van der Waals surface area contributed by atoms with Gasteiger partial charge in [-0.1, -0.05) is 0 Å². The highest BCUT2D eigenvalue weighted by atomic mass is 16.2. The van der Waals surface area contributed by atoms with Gasteiger partial charge in [-0.05, 0) is 13.3 Å². The Morgan fingerprint density at radius 3 is 2.32 bits per heavy atom. The number of carbonyl (C=O) groups excluding carboxylic acids is 3. The normalized spacial score (nSPS) is 16.9. The van der Waals surface area contributed by atoms with E-state index in [-0.39, 0.29) is 24.0 Å². The Morgan fingerprint density at radius 1 is 1.05 bits per heavy atom. The summed E-state index contributed by atoms with van der Waals surface area (Å²) in [4.78, 5) is 39.8. The van der Waals surface area contributed by atoms with E-state index >= 15 is 0 Å². The van der Waals surface area contributed by atoms with E-state index in [4.69, 9.17) is 0 Å². The molecule has 1 saturated heterocycles. The molecule has 0 N–H and O–H groups in total. The standard InChI is InChI=1S/C13H23N3O3/c1-11(17)9-12(18)16-6-4-5-15(7-8-16)10-13(19)14(2)3/h4-10H2,1-3H3. The van der Waals surface area contributed by atoms with Crippen LogP contribution >= 0.6 is 0 Å². The van der Waals surface area contributed by atoms with Gasteiger partial charge in [-0.15, -0.1) is 0 Å². The molecule has 1 aliphatic rings. The number of ketones is 1. The van der Waals surface area contributed by atoms with E-state index in [2.05, 4.69) is 4.90 Å². The molecule has 0 aromatic heterocycles. The zero-order valence-corrected chi connectivity index (χ0v) is 12.0. The third kappa shape index (κ3) is 5.38. The van der Waals surface area contributed by atoms with Crippen molar-refractivity contribution >= 4 is 17.6 Å². The van der Waals surface area contributed by atoms with Gasteiger partial charge in [0.05, 0.1) is 13.0 Å². The summed E-state index contributed by atoms with van der Waals surface area (Å²) in [6.07, 6.45) is 0.820. The second-order valence-electron chi connectivity index (χ2n) is 5.18. The number of rotatable bonds is 4. The second kappa shape index (κ2) is 7.23. The number of hydrogen-bond acceptors (Lipinski definition) is 4. The molecule has 1 heterocycles. The first-order chi connectivity index (χ1) is 8.90. The van der Waals surface area contributed by atoms with Crippen LogP contribution in [0, 0.1) is 0 Å². The quantitative estimate of drug-likeness (QED) is 0.651. The van der Waals surface area contributed by atoms with E-state index in [9.17, 15) is 14.4 Å². The van der Waals surface area contributed by atoms with Gasteiger partial charge in [0.1, 0.15) is 5.78 Å². The third-order valence-electron chi connectivity index (χ3n) is 3.20. The van der Waals surface area contributed by atoms with E-state index in [1.54, 1.807) is 23.9 Å². The molecule has 1 aliphatic heterocycles. The Hall–Kier alpha value is -1.43. The average Bonchev–Trinajstić information content (AvgIpc) is 2.53. The van der Waals surface area contributed by atoms with Crippen LogP contribution in [-0.4, -0.2) is 79.1 Å². The molecule has 0 aliphatic carbocycles.